The Kier molecular flexibility index (Phi) is 7.13. The molecule has 0 radical (unpaired) electrons. The Hall–Kier alpha value is -3.48. The van der Waals surface area contributed by atoms with Crippen LogP contribution in [0.25, 0.3) is 22.4 Å². The van der Waals surface area contributed by atoms with E-state index in [0.717, 1.165) is 41.9 Å². The van der Waals surface area contributed by atoms with Crippen LogP contribution in [0.2, 0.25) is 0 Å². The SMILES string of the molecule is O=C(NC1CCCCC1)N1CCN(c2nc(-c3ccc4ccccc4[n+]3OC(=O)C(F)(F)F)ns2)CC1. The van der Waals surface area contributed by atoms with Crippen molar-refractivity contribution in [3.05, 3.63) is 36.4 Å². The molecule has 0 atom stereocenters. The van der Waals surface area contributed by atoms with Gasteiger partial charge in [0.1, 0.15) is 0 Å². The third-order valence-corrected chi connectivity index (χ3v) is 7.39. The molecule has 1 saturated carbocycles. The van der Waals surface area contributed by atoms with Crippen molar-refractivity contribution >= 4 is 39.6 Å². The van der Waals surface area contributed by atoms with Crippen molar-refractivity contribution in [2.45, 2.75) is 44.3 Å². The number of rotatable bonds is 4. The highest BCUT2D eigenvalue weighted by atomic mass is 32.1. The number of hydrogen-bond donors (Lipinski definition) is 1. The van der Waals surface area contributed by atoms with Crippen LogP contribution in [0.15, 0.2) is 36.4 Å². The third-order valence-electron chi connectivity index (χ3n) is 6.62. The highest BCUT2D eigenvalue weighted by Gasteiger charge is 2.46. The fourth-order valence-corrected chi connectivity index (χ4v) is 5.37. The number of nitrogens with zero attached hydrogens (tertiary/aromatic N) is 5. The van der Waals surface area contributed by atoms with Gasteiger partial charge in [-0.1, -0.05) is 31.4 Å². The molecule has 1 aliphatic carbocycles. The zero-order valence-corrected chi connectivity index (χ0v) is 20.7. The van der Waals surface area contributed by atoms with Gasteiger partial charge in [-0.2, -0.15) is 27.4 Å². The standard InChI is InChI=1S/C24H25F3N6O3S/c25-24(26,27)21(34)36-33-18-9-5-4-6-16(18)10-11-19(33)20-29-23(37-30-20)32-14-12-31(13-15-32)22(35)28-17-7-2-1-3-8-17/h4-6,9-11,17H,1-3,7-8,12-15H2/p+1. The molecule has 2 fully saturated rings. The first kappa shape index (κ1) is 25.2. The summed E-state index contributed by atoms with van der Waals surface area (Å²) in [5, 5.41) is 4.29. The van der Waals surface area contributed by atoms with Gasteiger partial charge in [-0.3, -0.25) is 0 Å². The first-order valence-electron chi connectivity index (χ1n) is 12.2. The van der Waals surface area contributed by atoms with Crippen molar-refractivity contribution in [2.24, 2.45) is 0 Å². The van der Waals surface area contributed by atoms with Gasteiger partial charge in [-0.15, -0.1) is 0 Å². The number of para-hydroxylation sites is 1. The number of halogens is 3. The molecule has 3 aromatic rings. The molecule has 1 saturated heterocycles. The van der Waals surface area contributed by atoms with E-state index in [1.54, 1.807) is 35.2 Å². The van der Waals surface area contributed by atoms with Gasteiger partial charge in [0, 0.05) is 60.6 Å². The van der Waals surface area contributed by atoms with Crippen molar-refractivity contribution in [1.82, 2.24) is 19.6 Å². The van der Waals surface area contributed by atoms with E-state index in [0.29, 0.717) is 36.7 Å². The Morgan fingerprint density at radius 1 is 1.03 bits per heavy atom. The molecule has 2 aromatic heterocycles. The van der Waals surface area contributed by atoms with E-state index < -0.39 is 12.1 Å². The van der Waals surface area contributed by atoms with E-state index in [4.69, 9.17) is 4.84 Å². The number of benzene rings is 1. The molecule has 2 aliphatic rings. The van der Waals surface area contributed by atoms with Crippen LogP contribution in [0.5, 0.6) is 0 Å². The van der Waals surface area contributed by atoms with Crippen LogP contribution in [-0.4, -0.2) is 64.7 Å². The molecule has 1 aliphatic heterocycles. The lowest BCUT2D eigenvalue weighted by Gasteiger charge is -2.35. The van der Waals surface area contributed by atoms with Crippen molar-refractivity contribution < 1.29 is 32.3 Å². The Bertz CT molecular complexity index is 1290. The number of hydrogen-bond acceptors (Lipinski definition) is 7. The Labute approximate surface area is 215 Å². The van der Waals surface area contributed by atoms with Crippen LogP contribution < -0.4 is 19.8 Å². The van der Waals surface area contributed by atoms with Gasteiger partial charge in [0.2, 0.25) is 11.0 Å². The smallest absolute Gasteiger partial charge is 0.343 e. The molecule has 1 aromatic carbocycles. The molecule has 0 bridgehead atoms. The second kappa shape index (κ2) is 10.5. The van der Waals surface area contributed by atoms with Gasteiger partial charge in [0.15, 0.2) is 0 Å². The monoisotopic (exact) mass is 535 g/mol. The normalized spacial score (nSPS) is 17.2. The van der Waals surface area contributed by atoms with E-state index in [-0.39, 0.29) is 29.1 Å². The number of amides is 2. The van der Waals surface area contributed by atoms with E-state index in [2.05, 4.69) is 14.7 Å². The van der Waals surface area contributed by atoms with E-state index in [1.165, 1.54) is 12.5 Å². The van der Waals surface area contributed by atoms with Crippen LogP contribution in [0.4, 0.5) is 23.1 Å². The molecule has 196 valence electrons. The van der Waals surface area contributed by atoms with Gasteiger partial charge in [-0.05, 0) is 25.0 Å². The van der Waals surface area contributed by atoms with Gasteiger partial charge >= 0.3 is 23.9 Å². The number of carbonyl (C=O) groups excluding carboxylic acids is 2. The Morgan fingerprint density at radius 2 is 1.76 bits per heavy atom. The fourth-order valence-electron chi connectivity index (χ4n) is 4.64. The van der Waals surface area contributed by atoms with Crippen molar-refractivity contribution in [1.29, 1.82) is 0 Å². The summed E-state index contributed by atoms with van der Waals surface area (Å²) in [6, 6.07) is 10.0. The maximum Gasteiger partial charge on any atom is 0.498 e. The highest BCUT2D eigenvalue weighted by molar-refractivity contribution is 7.09. The number of fused-ring (bicyclic) bond motifs is 1. The minimum Gasteiger partial charge on any atom is -0.343 e. The minimum atomic E-state index is -5.16. The number of aromatic nitrogens is 3. The zero-order valence-electron chi connectivity index (χ0n) is 19.9. The average Bonchev–Trinajstić information content (AvgIpc) is 3.39. The molecule has 0 unspecified atom stereocenters. The number of pyridine rings is 1. The first-order chi connectivity index (χ1) is 17.8. The van der Waals surface area contributed by atoms with Gasteiger partial charge < -0.3 is 15.1 Å². The summed E-state index contributed by atoms with van der Waals surface area (Å²) in [6.07, 6.45) is 0.387. The molecule has 0 spiro atoms. The van der Waals surface area contributed by atoms with Gasteiger partial charge in [0.05, 0.1) is 5.39 Å². The topological polar surface area (TPSA) is 91.5 Å². The predicted octanol–water partition coefficient (Wildman–Crippen LogP) is 3.33. The van der Waals surface area contributed by atoms with Crippen molar-refractivity contribution in [3.63, 3.8) is 0 Å². The van der Waals surface area contributed by atoms with E-state index in [1.807, 2.05) is 4.90 Å². The number of anilines is 1. The first-order valence-corrected chi connectivity index (χ1v) is 12.9. The molecule has 5 rings (SSSR count). The minimum absolute atomic E-state index is 0.0480. The third kappa shape index (κ3) is 5.60. The summed E-state index contributed by atoms with van der Waals surface area (Å²) < 4.78 is 44.1. The van der Waals surface area contributed by atoms with Gasteiger partial charge in [-0.25, -0.2) is 9.59 Å². The van der Waals surface area contributed by atoms with E-state index >= 15 is 0 Å². The maximum absolute atomic E-state index is 13.0. The number of piperazine rings is 1. The van der Waals surface area contributed by atoms with Crippen molar-refractivity contribution in [3.8, 4) is 11.5 Å². The van der Waals surface area contributed by atoms with Crippen LogP contribution in [0.3, 0.4) is 0 Å². The average molecular weight is 536 g/mol. The summed E-state index contributed by atoms with van der Waals surface area (Å²) in [5.41, 5.74) is 0.385. The molecule has 1 N–H and O–H groups in total. The lowest BCUT2D eigenvalue weighted by atomic mass is 9.96. The Balaban J connectivity index is 1.31. The lowest BCUT2D eigenvalue weighted by Crippen LogP contribution is -2.53. The van der Waals surface area contributed by atoms with Crippen LogP contribution in [0, 0.1) is 0 Å². The molecular weight excluding hydrogens is 509 g/mol. The number of carbonyl (C=O) groups is 2. The molecule has 37 heavy (non-hydrogen) atoms. The van der Waals surface area contributed by atoms with Crippen LogP contribution >= 0.6 is 11.5 Å². The molecular formula is C24H26F3N6O3S+. The summed E-state index contributed by atoms with van der Waals surface area (Å²) >= 11 is 1.10. The largest absolute Gasteiger partial charge is 0.498 e. The Morgan fingerprint density at radius 3 is 2.49 bits per heavy atom. The summed E-state index contributed by atoms with van der Waals surface area (Å²) in [7, 11) is 0. The highest BCUT2D eigenvalue weighted by Crippen LogP contribution is 2.25. The lowest BCUT2D eigenvalue weighted by molar-refractivity contribution is -0.841. The number of urea groups is 1. The molecule has 2 amide bonds. The summed E-state index contributed by atoms with van der Waals surface area (Å²) in [4.78, 5) is 37.4. The second-order valence-electron chi connectivity index (χ2n) is 9.11. The van der Waals surface area contributed by atoms with Gasteiger partial charge in [0.25, 0.3) is 5.52 Å². The van der Waals surface area contributed by atoms with Crippen LogP contribution in [0.1, 0.15) is 32.1 Å². The second-order valence-corrected chi connectivity index (χ2v) is 9.84. The summed E-state index contributed by atoms with van der Waals surface area (Å²) in [5.74, 6) is -2.20. The fraction of sp³-hybridized carbons (Fsp3) is 0.458. The predicted molar refractivity (Wildman–Crippen MR) is 130 cm³/mol. The van der Waals surface area contributed by atoms with Crippen molar-refractivity contribution in [2.75, 3.05) is 31.1 Å². The number of nitrogens with one attached hydrogen (secondary N) is 1. The maximum atomic E-state index is 13.0. The van der Waals surface area contributed by atoms with E-state index in [9.17, 15) is 22.8 Å². The zero-order chi connectivity index (χ0) is 26.0. The molecule has 3 heterocycles. The van der Waals surface area contributed by atoms with Crippen LogP contribution in [-0.2, 0) is 4.79 Å². The quantitative estimate of drug-likeness (QED) is 0.516. The molecule has 13 heteroatoms. The molecule has 9 nitrogen and oxygen atoms in total. The number of alkyl halides is 3. The summed E-state index contributed by atoms with van der Waals surface area (Å²) in [6.45, 7) is 2.14.